The molecule has 110 valence electrons. The number of nitrogens with zero attached hydrogens (tertiary/aromatic N) is 3. The van der Waals surface area contributed by atoms with E-state index in [0.717, 1.165) is 16.3 Å². The van der Waals surface area contributed by atoms with Crippen LogP contribution in [0.1, 0.15) is 18.1 Å². The largest absolute Gasteiger partial charge is 0.471 e. The lowest BCUT2D eigenvalue weighted by atomic mass is 10.2. The van der Waals surface area contributed by atoms with Crippen molar-refractivity contribution < 1.29 is 9.57 Å². The Bertz CT molecular complexity index is 640. The Labute approximate surface area is 127 Å². The summed E-state index contributed by atoms with van der Waals surface area (Å²) in [6.45, 7) is 2.44. The number of ether oxygens (including phenoxy) is 1. The van der Waals surface area contributed by atoms with Crippen LogP contribution in [0.2, 0.25) is 0 Å². The molecule has 0 radical (unpaired) electrons. The molecule has 5 nitrogen and oxygen atoms in total. The second kappa shape index (κ2) is 6.22. The molecule has 1 aromatic carbocycles. The molecule has 1 aromatic heterocycles. The first-order valence-corrected chi connectivity index (χ1v) is 7.78. The van der Waals surface area contributed by atoms with Gasteiger partial charge in [-0.3, -0.25) is 4.68 Å². The molecule has 0 bridgehead atoms. The van der Waals surface area contributed by atoms with Crippen LogP contribution in [0.4, 0.5) is 0 Å². The van der Waals surface area contributed by atoms with Crippen molar-refractivity contribution in [1.82, 2.24) is 9.78 Å². The van der Waals surface area contributed by atoms with Crippen LogP contribution in [-0.2, 0) is 22.4 Å². The van der Waals surface area contributed by atoms with E-state index in [2.05, 4.69) is 22.4 Å². The number of rotatable bonds is 4. The molecule has 21 heavy (non-hydrogen) atoms. The number of benzene rings is 1. The number of hydrogen-bond acceptors (Lipinski definition) is 5. The maximum atomic E-state index is 5.64. The zero-order chi connectivity index (χ0) is 14.7. The summed E-state index contributed by atoms with van der Waals surface area (Å²) < 4.78 is 7.48. The van der Waals surface area contributed by atoms with Gasteiger partial charge in [-0.2, -0.15) is 5.10 Å². The van der Waals surface area contributed by atoms with Gasteiger partial charge in [0.2, 0.25) is 0 Å². The van der Waals surface area contributed by atoms with Crippen LogP contribution in [-0.4, -0.2) is 28.4 Å². The smallest absolute Gasteiger partial charge is 0.262 e. The van der Waals surface area contributed by atoms with Crippen molar-refractivity contribution in [3.63, 3.8) is 0 Å². The van der Waals surface area contributed by atoms with Gasteiger partial charge in [-0.05, 0) is 17.6 Å². The van der Waals surface area contributed by atoms with E-state index >= 15 is 0 Å². The van der Waals surface area contributed by atoms with Gasteiger partial charge >= 0.3 is 0 Å². The van der Waals surface area contributed by atoms with Crippen molar-refractivity contribution in [2.75, 3.05) is 6.61 Å². The fraction of sp³-hybridized carbons (Fsp3) is 0.333. The Morgan fingerprint density at radius 3 is 2.86 bits per heavy atom. The predicted octanol–water partition coefficient (Wildman–Crippen LogP) is 2.81. The summed E-state index contributed by atoms with van der Waals surface area (Å²) >= 11 is 1.71. The van der Waals surface area contributed by atoms with Gasteiger partial charge in [-0.1, -0.05) is 30.3 Å². The minimum absolute atomic E-state index is 0.00848. The number of oxime groups is 1. The van der Waals surface area contributed by atoms with Crippen molar-refractivity contribution in [1.29, 1.82) is 0 Å². The highest BCUT2D eigenvalue weighted by Gasteiger charge is 2.21. The van der Waals surface area contributed by atoms with E-state index in [1.165, 1.54) is 5.56 Å². The Hall–Kier alpha value is -1.95. The van der Waals surface area contributed by atoms with Crippen LogP contribution < -0.4 is 0 Å². The highest BCUT2D eigenvalue weighted by molar-refractivity contribution is 7.98. The van der Waals surface area contributed by atoms with E-state index in [0.29, 0.717) is 12.5 Å². The fourth-order valence-electron chi connectivity index (χ4n) is 1.99. The minimum Gasteiger partial charge on any atom is -0.471 e. The second-order valence-electron chi connectivity index (χ2n) is 4.88. The van der Waals surface area contributed by atoms with Gasteiger partial charge in [0, 0.05) is 12.8 Å². The van der Waals surface area contributed by atoms with Gasteiger partial charge < -0.3 is 9.57 Å². The van der Waals surface area contributed by atoms with Gasteiger partial charge in [0.15, 0.2) is 6.10 Å². The zero-order valence-electron chi connectivity index (χ0n) is 12.0. The minimum atomic E-state index is -0.00848. The van der Waals surface area contributed by atoms with Crippen LogP contribution >= 0.6 is 11.8 Å². The van der Waals surface area contributed by atoms with Crippen LogP contribution in [0.5, 0.6) is 0 Å². The lowest BCUT2D eigenvalue weighted by Crippen LogP contribution is -2.24. The molecule has 1 unspecified atom stereocenters. The Morgan fingerprint density at radius 1 is 1.33 bits per heavy atom. The maximum absolute atomic E-state index is 5.64. The second-order valence-corrected chi connectivity index (χ2v) is 5.85. The van der Waals surface area contributed by atoms with Gasteiger partial charge in [0.25, 0.3) is 5.90 Å². The highest BCUT2D eigenvalue weighted by atomic mass is 32.2. The number of thioether (sulfide) groups is 1. The average Bonchev–Trinajstić information content (AvgIpc) is 2.88. The SMILES string of the molecule is CC1COC(c2cnn(C)c2SCc2ccccc2)=NO1. The monoisotopic (exact) mass is 303 g/mol. The van der Waals surface area contributed by atoms with Crippen molar-refractivity contribution in [3.05, 3.63) is 47.7 Å². The molecule has 0 N–H and O–H groups in total. The van der Waals surface area contributed by atoms with E-state index < -0.39 is 0 Å². The van der Waals surface area contributed by atoms with E-state index in [-0.39, 0.29) is 6.10 Å². The normalized spacial score (nSPS) is 17.8. The molecule has 3 rings (SSSR count). The molecule has 0 fully saturated rings. The summed E-state index contributed by atoms with van der Waals surface area (Å²) in [7, 11) is 1.92. The molecule has 2 aromatic rings. The fourth-order valence-corrected chi connectivity index (χ4v) is 3.01. The first-order valence-electron chi connectivity index (χ1n) is 6.80. The molecule has 1 atom stereocenters. The summed E-state index contributed by atoms with van der Waals surface area (Å²) in [5.41, 5.74) is 2.15. The zero-order valence-corrected chi connectivity index (χ0v) is 12.8. The van der Waals surface area contributed by atoms with Crippen molar-refractivity contribution in [3.8, 4) is 0 Å². The standard InChI is InChI=1S/C15H17N3O2S/c1-11-9-19-14(17-20-11)13-8-16-18(2)15(13)21-10-12-6-4-3-5-7-12/h3-8,11H,9-10H2,1-2H3. The van der Waals surface area contributed by atoms with Crippen LogP contribution in [0, 0.1) is 0 Å². The molecule has 6 heteroatoms. The van der Waals surface area contributed by atoms with Crippen molar-refractivity contribution in [2.45, 2.75) is 23.8 Å². The summed E-state index contributed by atoms with van der Waals surface area (Å²) in [5, 5.41) is 9.36. The molecular formula is C15H17N3O2S. The van der Waals surface area contributed by atoms with Crippen LogP contribution in [0.3, 0.4) is 0 Å². The van der Waals surface area contributed by atoms with Gasteiger partial charge in [-0.25, -0.2) is 0 Å². The van der Waals surface area contributed by atoms with Crippen LogP contribution in [0.15, 0.2) is 46.7 Å². The molecular weight excluding hydrogens is 286 g/mol. The molecule has 0 saturated carbocycles. The van der Waals surface area contributed by atoms with Crippen LogP contribution in [0.25, 0.3) is 0 Å². The molecule has 0 saturated heterocycles. The molecule has 0 amide bonds. The topological polar surface area (TPSA) is 48.6 Å². The van der Waals surface area contributed by atoms with E-state index in [1.54, 1.807) is 18.0 Å². The van der Waals surface area contributed by atoms with Crippen molar-refractivity contribution >= 4 is 17.7 Å². The number of aromatic nitrogens is 2. The van der Waals surface area contributed by atoms with E-state index in [4.69, 9.17) is 9.57 Å². The Morgan fingerprint density at radius 2 is 2.14 bits per heavy atom. The van der Waals surface area contributed by atoms with E-state index in [9.17, 15) is 0 Å². The summed E-state index contributed by atoms with van der Waals surface area (Å²) in [4.78, 5) is 5.29. The molecule has 1 aliphatic rings. The highest BCUT2D eigenvalue weighted by Crippen LogP contribution is 2.27. The molecule has 2 heterocycles. The Balaban J connectivity index is 1.78. The first kappa shape index (κ1) is 14.0. The summed E-state index contributed by atoms with van der Waals surface area (Å²) in [6, 6.07) is 10.3. The van der Waals surface area contributed by atoms with Gasteiger partial charge in [-0.15, -0.1) is 11.8 Å². The third-order valence-electron chi connectivity index (χ3n) is 3.10. The lowest BCUT2D eigenvalue weighted by Gasteiger charge is -2.18. The first-order chi connectivity index (χ1) is 10.2. The van der Waals surface area contributed by atoms with Gasteiger partial charge in [0.1, 0.15) is 11.6 Å². The summed E-state index contributed by atoms with van der Waals surface area (Å²) in [5.74, 6) is 1.38. The number of hydrogen-bond donors (Lipinski definition) is 0. The summed E-state index contributed by atoms with van der Waals surface area (Å²) in [6.07, 6.45) is 1.76. The average molecular weight is 303 g/mol. The predicted molar refractivity (Wildman–Crippen MR) is 82.2 cm³/mol. The third kappa shape index (κ3) is 3.21. The Kier molecular flexibility index (Phi) is 4.15. The third-order valence-corrected chi connectivity index (χ3v) is 4.34. The molecule has 0 spiro atoms. The van der Waals surface area contributed by atoms with Crippen molar-refractivity contribution in [2.24, 2.45) is 12.2 Å². The quantitative estimate of drug-likeness (QED) is 0.815. The lowest BCUT2D eigenvalue weighted by molar-refractivity contribution is 0.00139. The molecule has 1 aliphatic heterocycles. The molecule has 0 aliphatic carbocycles. The van der Waals surface area contributed by atoms with Gasteiger partial charge in [0.05, 0.1) is 11.8 Å². The number of aryl methyl sites for hydroxylation is 1. The maximum Gasteiger partial charge on any atom is 0.262 e. The van der Waals surface area contributed by atoms with E-state index in [1.807, 2.05) is 36.9 Å².